The summed E-state index contributed by atoms with van der Waals surface area (Å²) in [6, 6.07) is 5.01. The molecule has 2 unspecified atom stereocenters. The minimum Gasteiger partial charge on any atom is -0.404 e. The van der Waals surface area contributed by atoms with Crippen LogP contribution in [-0.2, 0) is 4.74 Å². The molecule has 192 valence electrons. The minimum atomic E-state index is -4.90. The summed E-state index contributed by atoms with van der Waals surface area (Å²) in [5.74, 6) is -0.301. The number of rotatable bonds is 8. The summed E-state index contributed by atoms with van der Waals surface area (Å²) in [6.45, 7) is 2.45. The number of ether oxygens (including phenoxy) is 1. The maximum atomic E-state index is 13.4. The van der Waals surface area contributed by atoms with Crippen molar-refractivity contribution in [1.29, 1.82) is 0 Å². The Morgan fingerprint density at radius 3 is 2.72 bits per heavy atom. The number of aryl methyl sites for hydroxylation is 1. The number of likely N-dealkylation sites (N-methyl/N-ethyl adjacent to an activating group) is 1. The first-order valence-corrected chi connectivity index (χ1v) is 11.3. The third-order valence-electron chi connectivity index (χ3n) is 6.16. The van der Waals surface area contributed by atoms with Crippen LogP contribution in [0.5, 0.6) is 0 Å². The number of nitrogens with two attached hydrogens (primary N) is 1. The molecule has 0 bridgehead atoms. The van der Waals surface area contributed by atoms with E-state index in [0.29, 0.717) is 18.7 Å². The van der Waals surface area contributed by atoms with Crippen LogP contribution in [0.15, 0.2) is 60.4 Å². The fraction of sp³-hybridized carbons (Fsp3) is 0.375. The molecule has 1 aliphatic carbocycles. The smallest absolute Gasteiger partial charge is 0.404 e. The molecule has 4 N–H and O–H groups in total. The summed E-state index contributed by atoms with van der Waals surface area (Å²) >= 11 is 0. The molecule has 0 spiro atoms. The molecule has 1 aliphatic rings. The Labute approximate surface area is 206 Å². The summed E-state index contributed by atoms with van der Waals surface area (Å²) < 4.78 is 46.2. The maximum absolute atomic E-state index is 13.4. The van der Waals surface area contributed by atoms with Gasteiger partial charge in [0.25, 0.3) is 0 Å². The zero-order valence-electron chi connectivity index (χ0n) is 20.5. The number of nitrogens with one attached hydrogen (secondary N) is 2. The lowest BCUT2D eigenvalue weighted by molar-refractivity contribution is -0.304. The van der Waals surface area contributed by atoms with Crippen molar-refractivity contribution in [3.63, 3.8) is 0 Å². The van der Waals surface area contributed by atoms with E-state index >= 15 is 0 Å². The average molecular weight is 503 g/mol. The van der Waals surface area contributed by atoms with Crippen LogP contribution in [0.25, 0.3) is 16.8 Å². The minimum absolute atomic E-state index is 0.0326. The van der Waals surface area contributed by atoms with E-state index in [1.165, 1.54) is 12.2 Å². The van der Waals surface area contributed by atoms with Gasteiger partial charge in [-0.15, -0.1) is 13.2 Å². The Morgan fingerprint density at radius 2 is 2.03 bits per heavy atom. The molecule has 0 saturated carbocycles. The first-order chi connectivity index (χ1) is 17.0. The highest BCUT2D eigenvalue weighted by Gasteiger charge is 2.41. The molecule has 9 nitrogen and oxygen atoms in total. The van der Waals surface area contributed by atoms with Gasteiger partial charge in [0.1, 0.15) is 0 Å². The van der Waals surface area contributed by atoms with Gasteiger partial charge in [0.2, 0.25) is 5.95 Å². The third-order valence-corrected chi connectivity index (χ3v) is 6.16. The van der Waals surface area contributed by atoms with Crippen molar-refractivity contribution in [3.8, 4) is 11.3 Å². The van der Waals surface area contributed by atoms with Crippen molar-refractivity contribution in [1.82, 2.24) is 29.8 Å². The first kappa shape index (κ1) is 25.6. The summed E-state index contributed by atoms with van der Waals surface area (Å²) in [7, 11) is 5.43. The van der Waals surface area contributed by atoms with Gasteiger partial charge in [0, 0.05) is 24.0 Å². The maximum Gasteiger partial charge on any atom is 0.573 e. The van der Waals surface area contributed by atoms with Gasteiger partial charge in [0.05, 0.1) is 28.6 Å². The molecule has 12 heteroatoms. The quantitative estimate of drug-likeness (QED) is 0.432. The first-order valence-electron chi connectivity index (χ1n) is 11.3. The number of anilines is 1. The molecule has 0 fully saturated rings. The Bertz CT molecular complexity index is 1300. The van der Waals surface area contributed by atoms with Crippen LogP contribution in [0.3, 0.4) is 0 Å². The molecular formula is C24H29F3N8O. The third kappa shape index (κ3) is 5.35. The van der Waals surface area contributed by atoms with E-state index in [1.807, 2.05) is 50.3 Å². The van der Waals surface area contributed by atoms with Crippen molar-refractivity contribution in [3.05, 3.63) is 66.0 Å². The number of halogens is 3. The summed E-state index contributed by atoms with van der Waals surface area (Å²) in [5, 5.41) is 10.3. The zero-order valence-corrected chi connectivity index (χ0v) is 20.5. The Balaban J connectivity index is 1.70. The van der Waals surface area contributed by atoms with Crippen molar-refractivity contribution >= 4 is 11.5 Å². The standard InChI is InChI=1S/C24H29F3N8O/c1-15-13-30-22(33-21(15)16-14-31-35-9-6-5-7-18(16)35)32-17-11-20(28)23(29-2,8-10-34(3)4)12-19(17)36-24(25,26)27/h5-7,9,11-14,20,29H,8,10,28H2,1-4H3,(H,30,32,33). The lowest BCUT2D eigenvalue weighted by Gasteiger charge is -2.39. The Morgan fingerprint density at radius 1 is 1.25 bits per heavy atom. The summed E-state index contributed by atoms with van der Waals surface area (Å²) in [4.78, 5) is 10.8. The second-order valence-corrected chi connectivity index (χ2v) is 8.95. The van der Waals surface area contributed by atoms with E-state index in [1.54, 1.807) is 24.0 Å². The van der Waals surface area contributed by atoms with Gasteiger partial charge >= 0.3 is 6.36 Å². The molecule has 3 aromatic heterocycles. The number of aromatic nitrogens is 4. The molecule has 0 saturated heterocycles. The molecule has 3 aromatic rings. The predicted molar refractivity (Wildman–Crippen MR) is 131 cm³/mol. The van der Waals surface area contributed by atoms with Gasteiger partial charge in [-0.2, -0.15) is 5.10 Å². The van der Waals surface area contributed by atoms with Crippen LogP contribution in [-0.4, -0.2) is 70.1 Å². The largest absolute Gasteiger partial charge is 0.573 e. The van der Waals surface area contributed by atoms with Gasteiger partial charge < -0.3 is 26.0 Å². The van der Waals surface area contributed by atoms with Crippen molar-refractivity contribution in [2.75, 3.05) is 33.0 Å². The van der Waals surface area contributed by atoms with E-state index in [-0.39, 0.29) is 11.6 Å². The van der Waals surface area contributed by atoms with E-state index < -0.39 is 23.7 Å². The zero-order chi connectivity index (χ0) is 26.1. The van der Waals surface area contributed by atoms with Crippen molar-refractivity contribution in [2.45, 2.75) is 31.3 Å². The van der Waals surface area contributed by atoms with Crippen LogP contribution in [0.2, 0.25) is 0 Å². The molecule has 2 atom stereocenters. The van der Waals surface area contributed by atoms with E-state index in [0.717, 1.165) is 16.6 Å². The molecular weight excluding hydrogens is 473 g/mol. The van der Waals surface area contributed by atoms with Crippen LogP contribution in [0.1, 0.15) is 12.0 Å². The SMILES string of the molecule is CNC1(CCN(C)C)C=C(OC(F)(F)F)C(Nc2ncc(C)c(-c3cnn4ccccc34)n2)=CC1N. The molecule has 4 rings (SSSR count). The van der Waals surface area contributed by atoms with E-state index in [4.69, 9.17) is 5.73 Å². The number of nitrogens with zero attached hydrogens (tertiary/aromatic N) is 5. The van der Waals surface area contributed by atoms with Crippen molar-refractivity contribution < 1.29 is 17.9 Å². The number of hydrogen-bond donors (Lipinski definition) is 3. The second-order valence-electron chi connectivity index (χ2n) is 8.95. The fourth-order valence-corrected chi connectivity index (χ4v) is 4.15. The highest BCUT2D eigenvalue weighted by molar-refractivity contribution is 5.79. The molecule has 36 heavy (non-hydrogen) atoms. The summed E-state index contributed by atoms with van der Waals surface area (Å²) in [6.07, 6.45) is 3.57. The molecule has 0 aliphatic heterocycles. The molecule has 0 radical (unpaired) electrons. The van der Waals surface area contributed by atoms with Gasteiger partial charge in [0.15, 0.2) is 5.76 Å². The number of pyridine rings is 1. The molecule has 3 heterocycles. The number of fused-ring (bicyclic) bond motifs is 1. The Kier molecular flexibility index (Phi) is 7.03. The van der Waals surface area contributed by atoms with Crippen LogP contribution in [0, 0.1) is 6.92 Å². The van der Waals surface area contributed by atoms with E-state index in [9.17, 15) is 13.2 Å². The average Bonchev–Trinajstić information content (AvgIpc) is 3.24. The second kappa shape index (κ2) is 9.88. The molecule has 0 amide bonds. The highest BCUT2D eigenvalue weighted by atomic mass is 19.4. The Hall–Kier alpha value is -3.48. The predicted octanol–water partition coefficient (Wildman–Crippen LogP) is 3.07. The van der Waals surface area contributed by atoms with Gasteiger partial charge in [-0.05, 0) is 70.9 Å². The number of alkyl halides is 3. The highest BCUT2D eigenvalue weighted by Crippen LogP contribution is 2.34. The van der Waals surface area contributed by atoms with Gasteiger partial charge in [-0.3, -0.25) is 0 Å². The summed E-state index contributed by atoms with van der Waals surface area (Å²) in [5.41, 5.74) is 8.54. The lowest BCUT2D eigenvalue weighted by atomic mass is 9.82. The molecule has 0 aromatic carbocycles. The lowest BCUT2D eigenvalue weighted by Crippen LogP contribution is -2.58. The van der Waals surface area contributed by atoms with Gasteiger partial charge in [-0.25, -0.2) is 14.5 Å². The monoisotopic (exact) mass is 502 g/mol. The van der Waals surface area contributed by atoms with Crippen molar-refractivity contribution in [2.24, 2.45) is 5.73 Å². The topological polar surface area (TPSA) is 106 Å². The van der Waals surface area contributed by atoms with Crippen LogP contribution >= 0.6 is 0 Å². The van der Waals surface area contributed by atoms with E-state index in [2.05, 4.69) is 30.4 Å². The van der Waals surface area contributed by atoms with Crippen LogP contribution < -0.4 is 16.4 Å². The van der Waals surface area contributed by atoms with Crippen LogP contribution in [0.4, 0.5) is 19.1 Å². The normalized spacial score (nSPS) is 20.4. The number of hydrogen-bond acceptors (Lipinski definition) is 8. The fourth-order valence-electron chi connectivity index (χ4n) is 4.15. The van der Waals surface area contributed by atoms with Gasteiger partial charge in [-0.1, -0.05) is 6.07 Å².